The molecule has 7 nitrogen and oxygen atoms in total. The number of nitrogens with zero attached hydrogens (tertiary/aromatic N) is 2. The second-order valence-electron chi connectivity index (χ2n) is 7.52. The lowest BCUT2D eigenvalue weighted by Gasteiger charge is -2.22. The van der Waals surface area contributed by atoms with Crippen molar-refractivity contribution in [3.63, 3.8) is 0 Å². The highest BCUT2D eigenvalue weighted by Gasteiger charge is 2.42. The van der Waals surface area contributed by atoms with Crippen molar-refractivity contribution in [2.45, 2.75) is 37.8 Å². The van der Waals surface area contributed by atoms with Crippen molar-refractivity contribution < 1.29 is 46.1 Å². The fourth-order valence-corrected chi connectivity index (χ4v) is 3.69. The van der Waals surface area contributed by atoms with Crippen LogP contribution in [0, 0.1) is 5.82 Å². The van der Waals surface area contributed by atoms with Gasteiger partial charge in [-0.05, 0) is 25.0 Å². The molecule has 1 aromatic heterocycles. The molecule has 190 valence electrons. The largest absolute Gasteiger partial charge is 0.487 e. The Morgan fingerprint density at radius 3 is 2.54 bits per heavy atom. The van der Waals surface area contributed by atoms with Crippen LogP contribution in [-0.2, 0) is 11.4 Å². The molecular formula is C21H17Cl2F5N2O5. The van der Waals surface area contributed by atoms with Gasteiger partial charge in [0.15, 0.2) is 6.61 Å². The third kappa shape index (κ3) is 6.23. The van der Waals surface area contributed by atoms with Crippen molar-refractivity contribution in [2.24, 2.45) is 0 Å². The van der Waals surface area contributed by atoms with Crippen LogP contribution >= 0.6 is 23.2 Å². The lowest BCUT2D eigenvalue weighted by molar-refractivity contribution is -0.148. The van der Waals surface area contributed by atoms with Gasteiger partial charge in [0.2, 0.25) is 5.88 Å². The highest BCUT2D eigenvalue weighted by molar-refractivity contribution is 6.32. The number of carboxylic acid groups (broad SMARTS) is 1. The van der Waals surface area contributed by atoms with Gasteiger partial charge in [0.1, 0.15) is 29.2 Å². The Balaban J connectivity index is 1.67. The topological polar surface area (TPSA) is 89.0 Å². The number of carboxylic acids is 1. The number of likely N-dealkylation sites (tertiary alicyclic amines) is 1. The van der Waals surface area contributed by atoms with E-state index in [2.05, 4.69) is 9.72 Å². The predicted octanol–water partition coefficient (Wildman–Crippen LogP) is 5.07. The molecule has 0 saturated carbocycles. The van der Waals surface area contributed by atoms with E-state index < -0.39 is 54.1 Å². The van der Waals surface area contributed by atoms with Crippen LogP contribution in [-0.4, -0.2) is 58.4 Å². The summed E-state index contributed by atoms with van der Waals surface area (Å²) in [5.41, 5.74) is -0.261. The third-order valence-corrected chi connectivity index (χ3v) is 5.69. The molecule has 1 N–H and O–H groups in total. The summed E-state index contributed by atoms with van der Waals surface area (Å²) in [5.74, 6) is -7.83. The Hall–Kier alpha value is -2.86. The number of pyridine rings is 1. The van der Waals surface area contributed by atoms with E-state index in [0.29, 0.717) is 6.42 Å². The Bertz CT molecular complexity index is 1120. The fraction of sp³-hybridized carbons (Fsp3) is 0.381. The van der Waals surface area contributed by atoms with Gasteiger partial charge in [-0.1, -0.05) is 23.2 Å². The first-order valence-electron chi connectivity index (χ1n) is 9.99. The molecule has 1 aliphatic heterocycles. The lowest BCUT2D eigenvalue weighted by Crippen LogP contribution is -2.40. The molecule has 0 spiro atoms. The molecule has 0 unspecified atom stereocenters. The van der Waals surface area contributed by atoms with Crippen LogP contribution in [0.5, 0.6) is 11.6 Å². The van der Waals surface area contributed by atoms with Gasteiger partial charge in [-0.3, -0.25) is 4.79 Å². The van der Waals surface area contributed by atoms with Crippen molar-refractivity contribution in [1.29, 1.82) is 0 Å². The first kappa shape index (κ1) is 26.7. The molecule has 0 radical (unpaired) electrons. The van der Waals surface area contributed by atoms with Crippen molar-refractivity contribution >= 4 is 35.1 Å². The summed E-state index contributed by atoms with van der Waals surface area (Å²) in [6.07, 6.45) is -2.18. The molecule has 2 heterocycles. The maximum Gasteiger partial charge on any atom is 0.340 e. The lowest BCUT2D eigenvalue weighted by atomic mass is 10.1. The molecule has 1 aromatic carbocycles. The van der Waals surface area contributed by atoms with Gasteiger partial charge in [0.25, 0.3) is 5.91 Å². The summed E-state index contributed by atoms with van der Waals surface area (Å²) in [7, 11) is 0. The van der Waals surface area contributed by atoms with Crippen molar-refractivity contribution in [3.8, 4) is 11.6 Å². The number of ether oxygens (including phenoxy) is 2. The Morgan fingerprint density at radius 2 is 1.91 bits per heavy atom. The zero-order chi connectivity index (χ0) is 25.9. The quantitative estimate of drug-likeness (QED) is 0.445. The average molecular weight is 543 g/mol. The third-order valence-electron chi connectivity index (χ3n) is 5.06. The van der Waals surface area contributed by atoms with Gasteiger partial charge in [-0.2, -0.15) is 8.78 Å². The van der Waals surface area contributed by atoms with E-state index >= 15 is 0 Å². The normalized spacial score (nSPS) is 16.0. The molecule has 3 rings (SSSR count). The van der Waals surface area contributed by atoms with E-state index in [1.807, 2.05) is 0 Å². The summed E-state index contributed by atoms with van der Waals surface area (Å²) in [5, 5.41) is 8.90. The van der Waals surface area contributed by atoms with Gasteiger partial charge < -0.3 is 19.5 Å². The summed E-state index contributed by atoms with van der Waals surface area (Å²) in [6.45, 7) is -1.78. The summed E-state index contributed by atoms with van der Waals surface area (Å²) >= 11 is 12.0. The van der Waals surface area contributed by atoms with E-state index in [4.69, 9.17) is 27.9 Å². The number of aliphatic carboxylic acids is 1. The number of hydrogen-bond donors (Lipinski definition) is 1. The Morgan fingerprint density at radius 1 is 1.20 bits per heavy atom. The second kappa shape index (κ2) is 10.8. The molecule has 2 aromatic rings. The molecule has 1 aliphatic rings. The Labute approximate surface area is 205 Å². The summed E-state index contributed by atoms with van der Waals surface area (Å²) in [6, 6.07) is 2.10. The molecular weight excluding hydrogens is 526 g/mol. The van der Waals surface area contributed by atoms with Crippen LogP contribution in [0.25, 0.3) is 0 Å². The molecule has 0 bridgehead atoms. The van der Waals surface area contributed by atoms with Crippen molar-refractivity contribution in [1.82, 2.24) is 9.88 Å². The van der Waals surface area contributed by atoms with E-state index in [1.54, 1.807) is 0 Å². The number of amides is 1. The first-order valence-corrected chi connectivity index (χ1v) is 10.7. The number of aromatic nitrogens is 1. The zero-order valence-electron chi connectivity index (χ0n) is 17.6. The van der Waals surface area contributed by atoms with Crippen LogP contribution in [0.15, 0.2) is 24.4 Å². The smallest absolute Gasteiger partial charge is 0.340 e. The fourth-order valence-electron chi connectivity index (χ4n) is 3.27. The minimum Gasteiger partial charge on any atom is -0.487 e. The molecule has 1 saturated heterocycles. The van der Waals surface area contributed by atoms with Crippen molar-refractivity contribution in [3.05, 3.63) is 51.4 Å². The van der Waals surface area contributed by atoms with Crippen molar-refractivity contribution in [2.75, 3.05) is 13.2 Å². The van der Waals surface area contributed by atoms with E-state index in [9.17, 15) is 36.6 Å². The number of carbonyl (C=O) groups is 2. The van der Waals surface area contributed by atoms with Crippen LogP contribution in [0.2, 0.25) is 10.0 Å². The van der Waals surface area contributed by atoms with E-state index in [-0.39, 0.29) is 40.9 Å². The number of rotatable bonds is 9. The molecule has 1 amide bonds. The highest BCUT2D eigenvalue weighted by Crippen LogP contribution is 2.31. The Kier molecular flexibility index (Phi) is 8.26. The van der Waals surface area contributed by atoms with E-state index in [0.717, 1.165) is 29.3 Å². The molecule has 14 heteroatoms. The van der Waals surface area contributed by atoms with Crippen LogP contribution < -0.4 is 9.47 Å². The number of carbonyl (C=O) groups excluding carboxylic acids is 1. The van der Waals surface area contributed by atoms with Crippen LogP contribution in [0.4, 0.5) is 22.0 Å². The second-order valence-corrected chi connectivity index (χ2v) is 8.33. The van der Waals surface area contributed by atoms with Gasteiger partial charge in [0, 0.05) is 23.2 Å². The first-order chi connectivity index (χ1) is 16.4. The molecule has 1 atom stereocenters. The van der Waals surface area contributed by atoms with Gasteiger partial charge in [-0.15, -0.1) is 0 Å². The number of hydrogen-bond acceptors (Lipinski definition) is 5. The average Bonchev–Trinajstić information content (AvgIpc) is 3.28. The van der Waals surface area contributed by atoms with E-state index in [1.165, 1.54) is 0 Å². The van der Waals surface area contributed by atoms with Crippen LogP contribution in [0.1, 0.15) is 28.8 Å². The summed E-state index contributed by atoms with van der Waals surface area (Å²) < 4.78 is 75.0. The number of alkyl halides is 4. The predicted molar refractivity (Wildman–Crippen MR) is 113 cm³/mol. The van der Waals surface area contributed by atoms with Gasteiger partial charge in [-0.25, -0.2) is 22.9 Å². The summed E-state index contributed by atoms with van der Waals surface area (Å²) in [4.78, 5) is 28.7. The number of benzene rings is 1. The molecule has 0 aliphatic carbocycles. The van der Waals surface area contributed by atoms with Gasteiger partial charge in [0.05, 0.1) is 11.8 Å². The standard InChI is InChI=1S/C21H17Cl2F5N2O5/c22-13-6-12(18(31)30-3-1-2-16(30)19(32)33)15(24)4-10(13)8-34-11-5-14(23)17(29-7-11)35-9-21(27,28)20(25)26/h4-7,16,20H,1-3,8-9H2,(H,32,33)/t16-/m0/s1. The zero-order valence-corrected chi connectivity index (χ0v) is 19.1. The highest BCUT2D eigenvalue weighted by atomic mass is 35.5. The maximum absolute atomic E-state index is 14.7. The molecule has 1 fully saturated rings. The monoisotopic (exact) mass is 542 g/mol. The maximum atomic E-state index is 14.7. The SMILES string of the molecule is O=C(O)[C@@H]1CCCN1C(=O)c1cc(Cl)c(COc2cnc(OCC(F)(F)C(F)F)c(Cl)c2)cc1F. The number of halogens is 7. The minimum atomic E-state index is -4.39. The minimum absolute atomic E-state index is 0.000893. The molecule has 35 heavy (non-hydrogen) atoms. The van der Waals surface area contributed by atoms with Gasteiger partial charge >= 0.3 is 18.3 Å². The van der Waals surface area contributed by atoms with Crippen LogP contribution in [0.3, 0.4) is 0 Å².